The number of rotatable bonds is 10. The van der Waals surface area contributed by atoms with Crippen LogP contribution in [0.15, 0.2) is 91.1 Å². The molecule has 0 unspecified atom stereocenters. The van der Waals surface area contributed by atoms with Gasteiger partial charge in [0.15, 0.2) is 5.82 Å². The molecule has 12 heteroatoms. The number of hydrogen-bond donors (Lipinski definition) is 4. The molecule has 0 spiro atoms. The van der Waals surface area contributed by atoms with Crippen LogP contribution in [0.25, 0.3) is 10.9 Å². The molecule has 2 aromatic heterocycles. The van der Waals surface area contributed by atoms with Crippen LogP contribution in [0, 0.1) is 0 Å². The SMILES string of the molecule is CC(C)(N)C(=O)N[C@H](Cc1c[nH]c2ccccc12)c1nnc(Cc2ccccc2)n1CCc1ccccc1.O=C(O)C(F)(F)F. The van der Waals surface area contributed by atoms with Crippen LogP contribution >= 0.6 is 0 Å². The number of alkyl halides is 3. The Bertz CT molecular complexity index is 1710. The second-order valence-corrected chi connectivity index (χ2v) is 11.1. The maximum Gasteiger partial charge on any atom is 0.490 e. The number of H-pyrrole nitrogens is 1. The largest absolute Gasteiger partial charge is 0.490 e. The standard InChI is InChI=1S/C31H34N6O.C2HF3O2/c1-31(2,32)30(38)34-27(20-24-21-33-26-16-10-9-15-25(24)26)29-36-35-28(19-23-13-7-4-8-14-23)37(29)18-17-22-11-5-3-6-12-22;3-2(4,5)1(6)7/h3-16,21,27,33H,17-20,32H2,1-2H3,(H,34,38);(H,6,7)/t27-;/m1./s1. The Kier molecular flexibility index (Phi) is 10.4. The van der Waals surface area contributed by atoms with Gasteiger partial charge in [0.05, 0.1) is 11.6 Å². The summed E-state index contributed by atoms with van der Waals surface area (Å²) >= 11 is 0. The number of nitrogens with zero attached hydrogens (tertiary/aromatic N) is 3. The Balaban J connectivity index is 0.000000591. The lowest BCUT2D eigenvalue weighted by molar-refractivity contribution is -0.192. The molecule has 236 valence electrons. The zero-order chi connectivity index (χ0) is 32.6. The fourth-order valence-electron chi connectivity index (χ4n) is 4.72. The summed E-state index contributed by atoms with van der Waals surface area (Å²) in [4.78, 5) is 25.4. The van der Waals surface area contributed by atoms with E-state index in [1.807, 2.05) is 42.6 Å². The normalized spacial score (nSPS) is 12.3. The van der Waals surface area contributed by atoms with Crippen LogP contribution in [0.3, 0.4) is 0 Å². The number of fused-ring (bicyclic) bond motifs is 1. The number of aliphatic carboxylic acids is 1. The van der Waals surface area contributed by atoms with E-state index in [-0.39, 0.29) is 5.91 Å². The molecule has 1 atom stereocenters. The number of carboxylic acid groups (broad SMARTS) is 1. The zero-order valence-electron chi connectivity index (χ0n) is 24.9. The Morgan fingerprint density at radius 2 is 1.51 bits per heavy atom. The van der Waals surface area contributed by atoms with Crippen LogP contribution in [0.2, 0.25) is 0 Å². The van der Waals surface area contributed by atoms with Gasteiger partial charge in [0.25, 0.3) is 0 Å². The molecule has 0 saturated carbocycles. The van der Waals surface area contributed by atoms with E-state index in [1.165, 1.54) is 5.56 Å². The highest BCUT2D eigenvalue weighted by Crippen LogP contribution is 2.26. The maximum absolute atomic E-state index is 13.1. The van der Waals surface area contributed by atoms with Crippen molar-refractivity contribution in [3.8, 4) is 0 Å². The number of hydrogen-bond acceptors (Lipinski definition) is 5. The van der Waals surface area contributed by atoms with Gasteiger partial charge < -0.3 is 25.7 Å². The lowest BCUT2D eigenvalue weighted by atomic mass is 10.0. The highest BCUT2D eigenvalue weighted by Gasteiger charge is 2.38. The third-order valence-corrected chi connectivity index (χ3v) is 7.07. The van der Waals surface area contributed by atoms with Crippen LogP contribution in [-0.2, 0) is 35.4 Å². The molecular formula is C33H35F3N6O3. The molecule has 0 bridgehead atoms. The Labute approximate surface area is 258 Å². The molecular weight excluding hydrogens is 585 g/mol. The second kappa shape index (κ2) is 14.2. The predicted octanol–water partition coefficient (Wildman–Crippen LogP) is 5.36. The van der Waals surface area contributed by atoms with Crippen molar-refractivity contribution >= 4 is 22.8 Å². The molecule has 5 N–H and O–H groups in total. The van der Waals surface area contributed by atoms with Crippen molar-refractivity contribution in [1.82, 2.24) is 25.1 Å². The number of benzene rings is 3. The van der Waals surface area contributed by atoms with E-state index in [4.69, 9.17) is 15.6 Å². The first-order chi connectivity index (χ1) is 21.3. The van der Waals surface area contributed by atoms with Crippen LogP contribution in [0.4, 0.5) is 13.2 Å². The van der Waals surface area contributed by atoms with Crippen molar-refractivity contribution in [2.75, 3.05) is 0 Å². The molecule has 0 saturated heterocycles. The minimum Gasteiger partial charge on any atom is -0.475 e. The van der Waals surface area contributed by atoms with Gasteiger partial charge in [-0.25, -0.2) is 4.79 Å². The lowest BCUT2D eigenvalue weighted by Gasteiger charge is -2.25. The van der Waals surface area contributed by atoms with Gasteiger partial charge in [0.2, 0.25) is 5.91 Å². The molecule has 0 aliphatic heterocycles. The fourth-order valence-corrected chi connectivity index (χ4v) is 4.72. The smallest absolute Gasteiger partial charge is 0.475 e. The predicted molar refractivity (Wildman–Crippen MR) is 164 cm³/mol. The summed E-state index contributed by atoms with van der Waals surface area (Å²) in [7, 11) is 0. The summed E-state index contributed by atoms with van der Waals surface area (Å²) in [5.41, 5.74) is 9.71. The summed E-state index contributed by atoms with van der Waals surface area (Å²) in [6, 6.07) is 28.4. The van der Waals surface area contributed by atoms with Crippen LogP contribution in [-0.4, -0.2) is 48.4 Å². The Morgan fingerprint density at radius 3 is 2.11 bits per heavy atom. The fraction of sp³-hybridized carbons (Fsp3) is 0.273. The van der Waals surface area contributed by atoms with Gasteiger partial charge in [0, 0.05) is 36.5 Å². The van der Waals surface area contributed by atoms with Crippen LogP contribution < -0.4 is 11.1 Å². The number of aryl methyl sites for hydroxylation is 1. The van der Waals surface area contributed by atoms with Gasteiger partial charge in [-0.2, -0.15) is 13.2 Å². The number of carbonyl (C=O) groups is 2. The average molecular weight is 621 g/mol. The summed E-state index contributed by atoms with van der Waals surface area (Å²) < 4.78 is 33.9. The molecule has 1 amide bonds. The molecule has 9 nitrogen and oxygen atoms in total. The van der Waals surface area contributed by atoms with E-state index in [0.717, 1.165) is 40.1 Å². The van der Waals surface area contributed by atoms with Crippen molar-refractivity contribution in [1.29, 1.82) is 0 Å². The van der Waals surface area contributed by atoms with Gasteiger partial charge >= 0.3 is 12.1 Å². The van der Waals surface area contributed by atoms with Gasteiger partial charge in [-0.1, -0.05) is 78.9 Å². The number of aromatic nitrogens is 4. The number of nitrogens with two attached hydrogens (primary N) is 1. The number of carboxylic acids is 1. The monoisotopic (exact) mass is 620 g/mol. The summed E-state index contributed by atoms with van der Waals surface area (Å²) in [6.07, 6.45) is -1.05. The number of para-hydroxylation sites is 1. The average Bonchev–Trinajstić information content (AvgIpc) is 3.60. The second-order valence-electron chi connectivity index (χ2n) is 11.1. The molecule has 5 aromatic rings. The third-order valence-electron chi connectivity index (χ3n) is 7.07. The number of nitrogens with one attached hydrogen (secondary N) is 2. The maximum atomic E-state index is 13.1. The summed E-state index contributed by atoms with van der Waals surface area (Å²) in [5.74, 6) is -1.39. The van der Waals surface area contributed by atoms with E-state index in [9.17, 15) is 18.0 Å². The van der Waals surface area contributed by atoms with Gasteiger partial charge in [-0.3, -0.25) is 4.79 Å². The number of amides is 1. The van der Waals surface area contributed by atoms with E-state index in [0.29, 0.717) is 19.4 Å². The Hall–Kier alpha value is -4.97. The van der Waals surface area contributed by atoms with Gasteiger partial charge in [-0.15, -0.1) is 10.2 Å². The van der Waals surface area contributed by atoms with Crippen molar-refractivity contribution in [2.24, 2.45) is 5.73 Å². The Morgan fingerprint density at radius 1 is 0.933 bits per heavy atom. The first kappa shape index (κ1) is 32.9. The van der Waals surface area contributed by atoms with Gasteiger partial charge in [-0.05, 0) is 43.0 Å². The van der Waals surface area contributed by atoms with E-state index >= 15 is 0 Å². The van der Waals surface area contributed by atoms with E-state index in [2.05, 4.69) is 73.6 Å². The van der Waals surface area contributed by atoms with E-state index < -0.39 is 23.7 Å². The van der Waals surface area contributed by atoms with Crippen LogP contribution in [0.1, 0.15) is 48.2 Å². The minimum atomic E-state index is -5.08. The molecule has 0 aliphatic carbocycles. The van der Waals surface area contributed by atoms with Crippen molar-refractivity contribution in [3.05, 3.63) is 119 Å². The molecule has 3 aromatic carbocycles. The molecule has 0 radical (unpaired) electrons. The lowest BCUT2D eigenvalue weighted by Crippen LogP contribution is -2.50. The summed E-state index contributed by atoms with van der Waals surface area (Å²) in [5, 5.41) is 20.7. The first-order valence-electron chi connectivity index (χ1n) is 14.3. The van der Waals surface area contributed by atoms with E-state index in [1.54, 1.807) is 13.8 Å². The van der Waals surface area contributed by atoms with Crippen molar-refractivity contribution < 1.29 is 27.9 Å². The quantitative estimate of drug-likeness (QED) is 0.166. The molecule has 5 rings (SSSR count). The highest BCUT2D eigenvalue weighted by atomic mass is 19.4. The van der Waals surface area contributed by atoms with Crippen molar-refractivity contribution in [3.63, 3.8) is 0 Å². The number of aromatic amines is 1. The third kappa shape index (κ3) is 9.02. The molecule has 0 aliphatic rings. The topological polar surface area (TPSA) is 139 Å². The summed E-state index contributed by atoms with van der Waals surface area (Å²) in [6.45, 7) is 4.12. The number of halogens is 3. The zero-order valence-corrected chi connectivity index (χ0v) is 24.9. The highest BCUT2D eigenvalue weighted by molar-refractivity contribution is 5.86. The molecule has 45 heavy (non-hydrogen) atoms. The first-order valence-corrected chi connectivity index (χ1v) is 14.3. The molecule has 0 fully saturated rings. The van der Waals surface area contributed by atoms with Crippen LogP contribution in [0.5, 0.6) is 0 Å². The number of carbonyl (C=O) groups excluding carboxylic acids is 1. The van der Waals surface area contributed by atoms with Gasteiger partial charge in [0.1, 0.15) is 5.82 Å². The minimum absolute atomic E-state index is 0.232. The van der Waals surface area contributed by atoms with Crippen molar-refractivity contribution in [2.45, 2.75) is 57.4 Å². The molecule has 2 heterocycles.